The molecule has 5 nitrogen and oxygen atoms in total. The Kier molecular flexibility index (Phi) is 5.79. The van der Waals surface area contributed by atoms with Crippen LogP contribution in [-0.4, -0.2) is 48.1 Å². The van der Waals surface area contributed by atoms with Gasteiger partial charge >= 0.3 is 5.97 Å². The Labute approximate surface area is 115 Å². The molecule has 110 valence electrons. The monoisotopic (exact) mass is 270 g/mol. The molecule has 0 aliphatic carbocycles. The molecule has 2 N–H and O–H groups in total. The van der Waals surface area contributed by atoms with Gasteiger partial charge in [0.25, 0.3) is 0 Å². The number of aliphatic carboxylic acids is 1. The molecule has 1 amide bonds. The summed E-state index contributed by atoms with van der Waals surface area (Å²) >= 11 is 0. The van der Waals surface area contributed by atoms with Crippen molar-refractivity contribution in [3.8, 4) is 0 Å². The first-order valence-corrected chi connectivity index (χ1v) is 7.19. The predicted octanol–water partition coefficient (Wildman–Crippen LogP) is 1.34. The zero-order valence-electron chi connectivity index (χ0n) is 12.2. The summed E-state index contributed by atoms with van der Waals surface area (Å²) in [6.45, 7) is 8.52. The molecule has 0 radical (unpaired) electrons. The third kappa shape index (κ3) is 3.69. The smallest absolute Gasteiger partial charge is 0.309 e. The molecule has 0 spiro atoms. The van der Waals surface area contributed by atoms with Gasteiger partial charge in [-0.2, -0.15) is 0 Å². The fourth-order valence-electron chi connectivity index (χ4n) is 2.63. The van der Waals surface area contributed by atoms with Crippen LogP contribution in [-0.2, 0) is 9.59 Å². The van der Waals surface area contributed by atoms with Crippen LogP contribution in [0.15, 0.2) is 0 Å². The van der Waals surface area contributed by atoms with Crippen molar-refractivity contribution in [2.24, 2.45) is 11.3 Å². The first-order valence-electron chi connectivity index (χ1n) is 7.19. The fraction of sp³-hybridized carbons (Fsp3) is 0.857. The number of hydrogen-bond donors (Lipinski definition) is 2. The minimum atomic E-state index is -0.720. The Morgan fingerprint density at radius 1 is 1.32 bits per heavy atom. The van der Waals surface area contributed by atoms with Crippen LogP contribution < -0.4 is 5.32 Å². The topological polar surface area (TPSA) is 69.6 Å². The van der Waals surface area contributed by atoms with Crippen molar-refractivity contribution in [3.63, 3.8) is 0 Å². The van der Waals surface area contributed by atoms with Crippen molar-refractivity contribution < 1.29 is 14.7 Å². The molecule has 0 aromatic carbocycles. The van der Waals surface area contributed by atoms with Crippen molar-refractivity contribution in [2.45, 2.75) is 40.0 Å². The molecule has 0 bridgehead atoms. The maximum atomic E-state index is 12.2. The lowest BCUT2D eigenvalue weighted by atomic mass is 9.76. The second kappa shape index (κ2) is 6.89. The summed E-state index contributed by atoms with van der Waals surface area (Å²) in [5.41, 5.74) is -0.623. The van der Waals surface area contributed by atoms with Gasteiger partial charge in [0.05, 0.1) is 5.41 Å². The van der Waals surface area contributed by atoms with Crippen molar-refractivity contribution in [1.82, 2.24) is 10.2 Å². The Hall–Kier alpha value is -1.10. The highest BCUT2D eigenvalue weighted by Crippen LogP contribution is 2.35. The highest BCUT2D eigenvalue weighted by Gasteiger charge is 2.41. The number of rotatable bonds is 6. The number of carboxylic acid groups (broad SMARTS) is 1. The number of amides is 1. The van der Waals surface area contributed by atoms with Gasteiger partial charge in [-0.1, -0.05) is 20.8 Å². The molecule has 1 fully saturated rings. The SMILES string of the molecule is CCNCC(C)C(=O)N1CCC(CC)(C(=O)O)CC1. The van der Waals surface area contributed by atoms with Crippen LogP contribution in [0, 0.1) is 11.3 Å². The van der Waals surface area contributed by atoms with E-state index in [1.165, 1.54) is 0 Å². The molecule has 0 aromatic rings. The first-order chi connectivity index (χ1) is 8.96. The molecular weight excluding hydrogens is 244 g/mol. The van der Waals surface area contributed by atoms with Gasteiger partial charge in [-0.05, 0) is 25.8 Å². The summed E-state index contributed by atoms with van der Waals surface area (Å²) in [4.78, 5) is 25.4. The third-order valence-electron chi connectivity index (χ3n) is 4.28. The minimum absolute atomic E-state index is 0.0427. The van der Waals surface area contributed by atoms with Crippen molar-refractivity contribution in [1.29, 1.82) is 0 Å². The Morgan fingerprint density at radius 3 is 2.32 bits per heavy atom. The maximum Gasteiger partial charge on any atom is 0.309 e. The first kappa shape index (κ1) is 16.0. The lowest BCUT2D eigenvalue weighted by molar-refractivity contribution is -0.155. The molecule has 1 rings (SSSR count). The fourth-order valence-corrected chi connectivity index (χ4v) is 2.63. The van der Waals surface area contributed by atoms with Crippen LogP contribution >= 0.6 is 0 Å². The Balaban J connectivity index is 2.53. The van der Waals surface area contributed by atoms with E-state index < -0.39 is 11.4 Å². The van der Waals surface area contributed by atoms with Gasteiger partial charge in [0, 0.05) is 25.6 Å². The summed E-state index contributed by atoms with van der Waals surface area (Å²) < 4.78 is 0. The zero-order chi connectivity index (χ0) is 14.5. The van der Waals surface area contributed by atoms with Gasteiger partial charge in [0.15, 0.2) is 0 Å². The van der Waals surface area contributed by atoms with E-state index >= 15 is 0 Å². The van der Waals surface area contributed by atoms with Crippen molar-refractivity contribution in [2.75, 3.05) is 26.2 Å². The molecule has 0 saturated carbocycles. The maximum absolute atomic E-state index is 12.2. The van der Waals surface area contributed by atoms with Crippen LogP contribution in [0.25, 0.3) is 0 Å². The molecule has 1 saturated heterocycles. The Morgan fingerprint density at radius 2 is 1.89 bits per heavy atom. The van der Waals surface area contributed by atoms with E-state index in [0.717, 1.165) is 6.54 Å². The molecular formula is C14H26N2O3. The number of piperidine rings is 1. The average Bonchev–Trinajstić information content (AvgIpc) is 2.43. The molecule has 1 atom stereocenters. The third-order valence-corrected chi connectivity index (χ3v) is 4.28. The van der Waals surface area contributed by atoms with Crippen LogP contribution in [0.1, 0.15) is 40.0 Å². The van der Waals surface area contributed by atoms with Gasteiger partial charge in [-0.3, -0.25) is 9.59 Å². The number of nitrogens with zero attached hydrogens (tertiary/aromatic N) is 1. The van der Waals surface area contributed by atoms with Gasteiger partial charge < -0.3 is 15.3 Å². The molecule has 5 heteroatoms. The lowest BCUT2D eigenvalue weighted by Gasteiger charge is -2.39. The molecule has 1 aliphatic rings. The van der Waals surface area contributed by atoms with Gasteiger partial charge in [-0.15, -0.1) is 0 Å². The highest BCUT2D eigenvalue weighted by atomic mass is 16.4. The number of nitrogens with one attached hydrogen (secondary N) is 1. The largest absolute Gasteiger partial charge is 0.481 e. The number of hydrogen-bond acceptors (Lipinski definition) is 3. The average molecular weight is 270 g/mol. The summed E-state index contributed by atoms with van der Waals surface area (Å²) in [7, 11) is 0. The summed E-state index contributed by atoms with van der Waals surface area (Å²) in [5, 5.41) is 12.5. The van der Waals surface area contributed by atoms with E-state index in [9.17, 15) is 14.7 Å². The number of carbonyl (C=O) groups excluding carboxylic acids is 1. The number of carboxylic acids is 1. The second-order valence-corrected chi connectivity index (χ2v) is 5.47. The zero-order valence-corrected chi connectivity index (χ0v) is 12.2. The molecule has 0 aromatic heterocycles. The molecule has 1 unspecified atom stereocenters. The van der Waals surface area contributed by atoms with E-state index in [2.05, 4.69) is 5.32 Å². The highest BCUT2D eigenvalue weighted by molar-refractivity contribution is 5.80. The van der Waals surface area contributed by atoms with Crippen LogP contribution in [0.3, 0.4) is 0 Å². The van der Waals surface area contributed by atoms with Crippen molar-refractivity contribution >= 4 is 11.9 Å². The lowest BCUT2D eigenvalue weighted by Crippen LogP contribution is -2.48. The second-order valence-electron chi connectivity index (χ2n) is 5.47. The summed E-state index contributed by atoms with van der Waals surface area (Å²) in [6.07, 6.45) is 1.77. The van der Waals surface area contributed by atoms with E-state index in [1.54, 1.807) is 0 Å². The normalized spacial score (nSPS) is 20.1. The molecule has 19 heavy (non-hydrogen) atoms. The summed E-state index contributed by atoms with van der Waals surface area (Å²) in [5.74, 6) is -0.627. The quantitative estimate of drug-likeness (QED) is 0.764. The predicted molar refractivity (Wildman–Crippen MR) is 73.9 cm³/mol. The van der Waals surface area contributed by atoms with E-state index in [4.69, 9.17) is 0 Å². The molecule has 1 heterocycles. The van der Waals surface area contributed by atoms with Crippen molar-refractivity contribution in [3.05, 3.63) is 0 Å². The number of carbonyl (C=O) groups is 2. The van der Waals surface area contributed by atoms with Gasteiger partial charge in [-0.25, -0.2) is 0 Å². The number of likely N-dealkylation sites (tertiary alicyclic amines) is 1. The van der Waals surface area contributed by atoms with E-state index in [1.807, 2.05) is 25.7 Å². The van der Waals surface area contributed by atoms with E-state index in [0.29, 0.717) is 38.9 Å². The minimum Gasteiger partial charge on any atom is -0.481 e. The van der Waals surface area contributed by atoms with Crippen LogP contribution in [0.2, 0.25) is 0 Å². The van der Waals surface area contributed by atoms with E-state index in [-0.39, 0.29) is 11.8 Å². The standard InChI is InChI=1S/C14H26N2O3/c1-4-14(13(18)19)6-8-16(9-7-14)12(17)11(3)10-15-5-2/h11,15H,4-10H2,1-3H3,(H,18,19). The van der Waals surface area contributed by atoms with Crippen LogP contribution in [0.4, 0.5) is 0 Å². The molecule has 1 aliphatic heterocycles. The van der Waals surface area contributed by atoms with Crippen LogP contribution in [0.5, 0.6) is 0 Å². The Bertz CT molecular complexity index is 323. The van der Waals surface area contributed by atoms with Gasteiger partial charge in [0.2, 0.25) is 5.91 Å². The van der Waals surface area contributed by atoms with Gasteiger partial charge in [0.1, 0.15) is 0 Å². The summed E-state index contributed by atoms with van der Waals surface area (Å²) in [6, 6.07) is 0.